The number of halogens is 1. The molecule has 0 radical (unpaired) electrons. The molecule has 0 saturated carbocycles. The van der Waals surface area contributed by atoms with Gasteiger partial charge >= 0.3 is 0 Å². The largest absolute Gasteiger partial charge is 0.350 e. The third kappa shape index (κ3) is 2.71. The Morgan fingerprint density at radius 2 is 2.22 bits per heavy atom. The standard InChI is InChI=1S/C12H13FN4O/c1-8(16-9(2)18)10-3-4-12(14-5-10)17-7-11(13)6-15-17/h3-8H,1-2H3,(H,16,18)/t8-/m0/s1. The van der Waals surface area contributed by atoms with Crippen LogP contribution in [-0.4, -0.2) is 20.7 Å². The molecular formula is C12H13FN4O. The normalized spacial score (nSPS) is 12.2. The molecule has 5 nitrogen and oxygen atoms in total. The van der Waals surface area contributed by atoms with Crippen LogP contribution in [0.15, 0.2) is 30.7 Å². The molecule has 2 aromatic heterocycles. The van der Waals surface area contributed by atoms with Gasteiger partial charge in [0.05, 0.1) is 18.4 Å². The topological polar surface area (TPSA) is 59.8 Å². The first-order valence-electron chi connectivity index (χ1n) is 5.50. The van der Waals surface area contributed by atoms with E-state index in [1.54, 1.807) is 12.3 Å². The Balaban J connectivity index is 2.17. The second kappa shape index (κ2) is 4.95. The summed E-state index contributed by atoms with van der Waals surface area (Å²) in [7, 11) is 0. The molecule has 0 aromatic carbocycles. The van der Waals surface area contributed by atoms with Gasteiger partial charge < -0.3 is 5.32 Å². The summed E-state index contributed by atoms with van der Waals surface area (Å²) in [6.07, 6.45) is 4.00. The van der Waals surface area contributed by atoms with Crippen molar-refractivity contribution in [2.45, 2.75) is 19.9 Å². The highest BCUT2D eigenvalue weighted by Gasteiger charge is 2.08. The van der Waals surface area contributed by atoms with E-state index in [1.807, 2.05) is 13.0 Å². The number of nitrogens with zero attached hydrogens (tertiary/aromatic N) is 3. The van der Waals surface area contributed by atoms with Gasteiger partial charge in [-0.1, -0.05) is 6.07 Å². The number of hydrogen-bond donors (Lipinski definition) is 1. The maximum absolute atomic E-state index is 12.8. The summed E-state index contributed by atoms with van der Waals surface area (Å²) in [5, 5.41) is 6.58. The van der Waals surface area contributed by atoms with Crippen LogP contribution < -0.4 is 5.32 Å². The molecule has 0 aliphatic heterocycles. The average molecular weight is 248 g/mol. The Hall–Kier alpha value is -2.24. The lowest BCUT2D eigenvalue weighted by Gasteiger charge is -2.12. The molecule has 0 saturated heterocycles. The molecule has 1 N–H and O–H groups in total. The molecule has 1 atom stereocenters. The second-order valence-corrected chi connectivity index (χ2v) is 3.98. The first-order valence-corrected chi connectivity index (χ1v) is 5.50. The van der Waals surface area contributed by atoms with Crippen molar-refractivity contribution in [3.05, 3.63) is 42.1 Å². The van der Waals surface area contributed by atoms with Crippen molar-refractivity contribution in [1.82, 2.24) is 20.1 Å². The van der Waals surface area contributed by atoms with E-state index in [4.69, 9.17) is 0 Å². The number of pyridine rings is 1. The number of carbonyl (C=O) groups excluding carboxylic acids is 1. The van der Waals surface area contributed by atoms with Gasteiger partial charge in [-0.3, -0.25) is 4.79 Å². The summed E-state index contributed by atoms with van der Waals surface area (Å²) < 4.78 is 14.2. The van der Waals surface area contributed by atoms with Crippen LogP contribution in [0.3, 0.4) is 0 Å². The van der Waals surface area contributed by atoms with Crippen molar-refractivity contribution < 1.29 is 9.18 Å². The molecular weight excluding hydrogens is 235 g/mol. The minimum atomic E-state index is -0.410. The molecule has 2 heterocycles. The number of amides is 1. The maximum atomic E-state index is 12.8. The van der Waals surface area contributed by atoms with Gasteiger partial charge in [0.25, 0.3) is 0 Å². The van der Waals surface area contributed by atoms with E-state index in [0.717, 1.165) is 11.8 Å². The highest BCUT2D eigenvalue weighted by Crippen LogP contribution is 2.13. The van der Waals surface area contributed by atoms with E-state index < -0.39 is 5.82 Å². The van der Waals surface area contributed by atoms with E-state index in [2.05, 4.69) is 15.4 Å². The fourth-order valence-corrected chi connectivity index (χ4v) is 1.60. The van der Waals surface area contributed by atoms with Crippen molar-refractivity contribution in [2.24, 2.45) is 0 Å². The van der Waals surface area contributed by atoms with E-state index in [9.17, 15) is 9.18 Å². The van der Waals surface area contributed by atoms with Crippen LogP contribution in [0.1, 0.15) is 25.5 Å². The van der Waals surface area contributed by atoms with Crippen LogP contribution in [0.25, 0.3) is 5.82 Å². The zero-order valence-electron chi connectivity index (χ0n) is 10.1. The summed E-state index contributed by atoms with van der Waals surface area (Å²) in [5.74, 6) is 0.0193. The molecule has 0 bridgehead atoms. The van der Waals surface area contributed by atoms with Crippen LogP contribution in [0.2, 0.25) is 0 Å². The van der Waals surface area contributed by atoms with Gasteiger partial charge in [-0.15, -0.1) is 0 Å². The summed E-state index contributed by atoms with van der Waals surface area (Å²) in [6.45, 7) is 3.33. The Kier molecular flexibility index (Phi) is 3.36. The number of rotatable bonds is 3. The van der Waals surface area contributed by atoms with Gasteiger partial charge in [-0.2, -0.15) is 5.10 Å². The molecule has 94 valence electrons. The first kappa shape index (κ1) is 12.2. The summed E-state index contributed by atoms with van der Waals surface area (Å²) in [4.78, 5) is 15.1. The quantitative estimate of drug-likeness (QED) is 0.897. The molecule has 0 spiro atoms. The number of hydrogen-bond acceptors (Lipinski definition) is 3. The molecule has 6 heteroatoms. The summed E-state index contributed by atoms with van der Waals surface area (Å²) in [5.41, 5.74) is 0.876. The fourth-order valence-electron chi connectivity index (χ4n) is 1.60. The van der Waals surface area contributed by atoms with Gasteiger partial charge in [0.1, 0.15) is 0 Å². The zero-order chi connectivity index (χ0) is 13.1. The second-order valence-electron chi connectivity index (χ2n) is 3.98. The third-order valence-corrected chi connectivity index (χ3v) is 2.48. The van der Waals surface area contributed by atoms with Crippen molar-refractivity contribution in [3.8, 4) is 5.82 Å². The molecule has 0 fully saturated rings. The van der Waals surface area contributed by atoms with Crippen molar-refractivity contribution in [2.75, 3.05) is 0 Å². The Labute approximate surface area is 104 Å². The predicted molar refractivity (Wildman–Crippen MR) is 63.5 cm³/mol. The molecule has 0 aliphatic carbocycles. The van der Waals surface area contributed by atoms with Gasteiger partial charge in [-0.25, -0.2) is 14.1 Å². The van der Waals surface area contributed by atoms with Gasteiger partial charge in [0.15, 0.2) is 11.6 Å². The molecule has 2 aromatic rings. The molecule has 0 aliphatic rings. The summed E-state index contributed by atoms with van der Waals surface area (Å²) >= 11 is 0. The van der Waals surface area contributed by atoms with Gasteiger partial charge in [0, 0.05) is 13.1 Å². The lowest BCUT2D eigenvalue weighted by atomic mass is 10.1. The molecule has 1 amide bonds. The average Bonchev–Trinajstić information content (AvgIpc) is 2.75. The van der Waals surface area contributed by atoms with Crippen molar-refractivity contribution in [1.29, 1.82) is 0 Å². The SMILES string of the molecule is CC(=O)N[C@@H](C)c1ccc(-n2cc(F)cn2)nc1. The number of aromatic nitrogens is 3. The van der Waals surface area contributed by atoms with Crippen LogP contribution in [0, 0.1) is 5.82 Å². The fraction of sp³-hybridized carbons (Fsp3) is 0.250. The Morgan fingerprint density at radius 1 is 1.44 bits per heavy atom. The van der Waals surface area contributed by atoms with Crippen LogP contribution >= 0.6 is 0 Å². The molecule has 2 rings (SSSR count). The molecule has 0 unspecified atom stereocenters. The van der Waals surface area contributed by atoms with E-state index in [1.165, 1.54) is 17.8 Å². The lowest BCUT2D eigenvalue weighted by Crippen LogP contribution is -2.23. The number of carbonyl (C=O) groups is 1. The lowest BCUT2D eigenvalue weighted by molar-refractivity contribution is -0.119. The molecule has 18 heavy (non-hydrogen) atoms. The van der Waals surface area contributed by atoms with Crippen LogP contribution in [-0.2, 0) is 4.79 Å². The van der Waals surface area contributed by atoms with E-state index in [0.29, 0.717) is 5.82 Å². The third-order valence-electron chi connectivity index (χ3n) is 2.48. The minimum absolute atomic E-state index is 0.0966. The smallest absolute Gasteiger partial charge is 0.217 e. The van der Waals surface area contributed by atoms with E-state index in [-0.39, 0.29) is 11.9 Å². The monoisotopic (exact) mass is 248 g/mol. The van der Waals surface area contributed by atoms with Crippen LogP contribution in [0.4, 0.5) is 4.39 Å². The minimum Gasteiger partial charge on any atom is -0.350 e. The van der Waals surface area contributed by atoms with Crippen molar-refractivity contribution >= 4 is 5.91 Å². The van der Waals surface area contributed by atoms with Crippen molar-refractivity contribution in [3.63, 3.8) is 0 Å². The Bertz CT molecular complexity index is 549. The maximum Gasteiger partial charge on any atom is 0.217 e. The van der Waals surface area contributed by atoms with E-state index >= 15 is 0 Å². The highest BCUT2D eigenvalue weighted by molar-refractivity contribution is 5.73. The van der Waals surface area contributed by atoms with Gasteiger partial charge in [0.2, 0.25) is 5.91 Å². The first-order chi connectivity index (χ1) is 8.56. The zero-order valence-corrected chi connectivity index (χ0v) is 10.1. The summed E-state index contributed by atoms with van der Waals surface area (Å²) in [6, 6.07) is 3.43. The Morgan fingerprint density at radius 3 is 2.72 bits per heavy atom. The van der Waals surface area contributed by atoms with Crippen LogP contribution in [0.5, 0.6) is 0 Å². The highest BCUT2D eigenvalue weighted by atomic mass is 19.1. The van der Waals surface area contributed by atoms with Gasteiger partial charge in [-0.05, 0) is 18.6 Å². The predicted octanol–water partition coefficient (Wildman–Crippen LogP) is 1.60. The number of nitrogens with one attached hydrogen (secondary N) is 1.